The molecule has 8 nitrogen and oxygen atoms in total. The second-order valence-corrected chi connectivity index (χ2v) is 11.1. The van der Waals surface area contributed by atoms with Crippen LogP contribution in [-0.4, -0.2) is 63.6 Å². The van der Waals surface area contributed by atoms with Crippen molar-refractivity contribution >= 4 is 29.5 Å². The van der Waals surface area contributed by atoms with Crippen LogP contribution in [0.25, 0.3) is 0 Å². The Morgan fingerprint density at radius 3 is 2.27 bits per heavy atom. The topological polar surface area (TPSA) is 125 Å². The highest BCUT2D eigenvalue weighted by atomic mass is 32.2. The van der Waals surface area contributed by atoms with Gasteiger partial charge < -0.3 is 26.4 Å². The van der Waals surface area contributed by atoms with Crippen LogP contribution in [0.2, 0.25) is 0 Å². The molecule has 0 saturated heterocycles. The standard InChI is InChI=1S/C28H40N4O4S/c1-19(2)37-18-32(17-26(34)30-16-23-13-9-8-10-20(23)3)28(36)27(35)24(31-25(33)14-21(4)29)15-22-11-6-5-7-12-22/h5-13,19,21,24,27,35H,14-18,29H2,1-4H3,(H,30,34)(H,31,33)/t21?,24-,27-/m0/s1. The zero-order valence-corrected chi connectivity index (χ0v) is 23.0. The Morgan fingerprint density at radius 1 is 1.00 bits per heavy atom. The van der Waals surface area contributed by atoms with Gasteiger partial charge in [-0.3, -0.25) is 14.4 Å². The van der Waals surface area contributed by atoms with Crippen molar-refractivity contribution in [3.05, 3.63) is 71.3 Å². The number of nitrogens with one attached hydrogen (secondary N) is 2. The van der Waals surface area contributed by atoms with Crippen molar-refractivity contribution in [3.8, 4) is 0 Å². The highest BCUT2D eigenvalue weighted by molar-refractivity contribution is 7.99. The van der Waals surface area contributed by atoms with Gasteiger partial charge in [0.15, 0.2) is 6.10 Å². The first-order valence-corrected chi connectivity index (χ1v) is 13.6. The molecule has 5 N–H and O–H groups in total. The van der Waals surface area contributed by atoms with E-state index in [0.717, 1.165) is 16.7 Å². The lowest BCUT2D eigenvalue weighted by atomic mass is 9.99. The fraction of sp³-hybridized carbons (Fsp3) is 0.464. The molecule has 0 heterocycles. The summed E-state index contributed by atoms with van der Waals surface area (Å²) in [6.45, 7) is 7.82. The van der Waals surface area contributed by atoms with Crippen molar-refractivity contribution in [1.82, 2.24) is 15.5 Å². The monoisotopic (exact) mass is 528 g/mol. The van der Waals surface area contributed by atoms with E-state index in [1.54, 1.807) is 6.92 Å². The maximum atomic E-state index is 13.5. The van der Waals surface area contributed by atoms with Crippen molar-refractivity contribution < 1.29 is 19.5 Å². The van der Waals surface area contributed by atoms with Crippen LogP contribution in [-0.2, 0) is 27.3 Å². The summed E-state index contributed by atoms with van der Waals surface area (Å²) in [5, 5.41) is 17.0. The number of amides is 3. The second-order valence-electron chi connectivity index (χ2n) is 9.57. The second kappa shape index (κ2) is 15.4. The van der Waals surface area contributed by atoms with Gasteiger partial charge in [0, 0.05) is 24.3 Å². The largest absolute Gasteiger partial charge is 0.381 e. The third-order valence-electron chi connectivity index (χ3n) is 5.73. The van der Waals surface area contributed by atoms with Gasteiger partial charge in [0.1, 0.15) is 6.54 Å². The minimum Gasteiger partial charge on any atom is -0.381 e. The van der Waals surface area contributed by atoms with Crippen LogP contribution in [0, 0.1) is 6.92 Å². The molecule has 2 aromatic rings. The molecular weight excluding hydrogens is 488 g/mol. The minimum absolute atomic E-state index is 0.0699. The van der Waals surface area contributed by atoms with Crippen LogP contribution >= 0.6 is 11.8 Å². The summed E-state index contributed by atoms with van der Waals surface area (Å²) >= 11 is 1.49. The number of hydrogen-bond acceptors (Lipinski definition) is 6. The average Bonchev–Trinajstić information content (AvgIpc) is 2.84. The van der Waals surface area contributed by atoms with E-state index in [2.05, 4.69) is 10.6 Å². The summed E-state index contributed by atoms with van der Waals surface area (Å²) in [6, 6.07) is 15.8. The molecule has 2 aromatic carbocycles. The average molecular weight is 529 g/mol. The van der Waals surface area contributed by atoms with Crippen molar-refractivity contribution in [2.75, 3.05) is 12.4 Å². The number of thioether (sulfide) groups is 1. The molecule has 37 heavy (non-hydrogen) atoms. The van der Waals surface area contributed by atoms with Crippen LogP contribution in [0.1, 0.15) is 43.9 Å². The maximum Gasteiger partial charge on any atom is 0.254 e. The SMILES string of the molecule is Cc1ccccc1CNC(=O)CN(CSC(C)C)C(=O)[C@@H](O)[C@H](Cc1ccccc1)NC(=O)CC(C)N. The van der Waals surface area contributed by atoms with E-state index >= 15 is 0 Å². The lowest BCUT2D eigenvalue weighted by Gasteiger charge is -2.30. The fourth-order valence-corrected chi connectivity index (χ4v) is 4.38. The van der Waals surface area contributed by atoms with Gasteiger partial charge in [-0.15, -0.1) is 11.8 Å². The quantitative estimate of drug-likeness (QED) is 0.279. The minimum atomic E-state index is -1.53. The normalized spacial score (nSPS) is 13.5. The number of aliphatic hydroxyl groups excluding tert-OH is 1. The number of hydrogen-bond donors (Lipinski definition) is 4. The summed E-state index contributed by atoms with van der Waals surface area (Å²) < 4.78 is 0. The molecule has 3 amide bonds. The van der Waals surface area contributed by atoms with Gasteiger partial charge >= 0.3 is 0 Å². The molecule has 0 bridgehead atoms. The number of aryl methyl sites for hydroxylation is 1. The van der Waals surface area contributed by atoms with Crippen LogP contribution < -0.4 is 16.4 Å². The molecule has 0 aliphatic rings. The summed E-state index contributed by atoms with van der Waals surface area (Å²) in [6.07, 6.45) is -1.21. The number of rotatable bonds is 14. The van der Waals surface area contributed by atoms with E-state index in [0.29, 0.717) is 6.54 Å². The van der Waals surface area contributed by atoms with E-state index < -0.39 is 18.1 Å². The van der Waals surface area contributed by atoms with Crippen molar-refractivity contribution in [2.45, 2.75) is 70.5 Å². The first kappa shape index (κ1) is 30.3. The molecular formula is C28H40N4O4S. The summed E-state index contributed by atoms with van der Waals surface area (Å²) in [7, 11) is 0. The maximum absolute atomic E-state index is 13.5. The molecule has 9 heteroatoms. The zero-order valence-electron chi connectivity index (χ0n) is 22.1. The molecule has 0 aliphatic heterocycles. The summed E-state index contributed by atoms with van der Waals surface area (Å²) in [5.74, 6) is -1.05. The summed E-state index contributed by atoms with van der Waals surface area (Å²) in [4.78, 5) is 40.1. The van der Waals surface area contributed by atoms with Crippen molar-refractivity contribution in [3.63, 3.8) is 0 Å². The Kier molecular flexibility index (Phi) is 12.6. The van der Waals surface area contributed by atoms with Crippen LogP contribution in [0.15, 0.2) is 54.6 Å². The van der Waals surface area contributed by atoms with Gasteiger partial charge in [0.2, 0.25) is 11.8 Å². The third kappa shape index (κ3) is 11.0. The van der Waals surface area contributed by atoms with Gasteiger partial charge in [-0.1, -0.05) is 68.4 Å². The molecule has 1 unspecified atom stereocenters. The predicted molar refractivity (Wildman–Crippen MR) is 149 cm³/mol. The van der Waals surface area contributed by atoms with E-state index in [1.807, 2.05) is 75.4 Å². The predicted octanol–water partition coefficient (Wildman–Crippen LogP) is 2.36. The van der Waals surface area contributed by atoms with Crippen LogP contribution in [0.3, 0.4) is 0 Å². The molecule has 0 saturated carbocycles. The highest BCUT2D eigenvalue weighted by Gasteiger charge is 2.32. The lowest BCUT2D eigenvalue weighted by Crippen LogP contribution is -2.54. The molecule has 0 aliphatic carbocycles. The molecule has 3 atom stereocenters. The van der Waals surface area contributed by atoms with E-state index in [1.165, 1.54) is 16.7 Å². The molecule has 0 fully saturated rings. The van der Waals surface area contributed by atoms with Gasteiger partial charge in [-0.05, 0) is 37.0 Å². The van der Waals surface area contributed by atoms with Gasteiger partial charge in [-0.25, -0.2) is 0 Å². The van der Waals surface area contributed by atoms with E-state index in [9.17, 15) is 19.5 Å². The van der Waals surface area contributed by atoms with Crippen molar-refractivity contribution in [2.24, 2.45) is 5.73 Å². The zero-order chi connectivity index (χ0) is 27.4. The van der Waals surface area contributed by atoms with Gasteiger partial charge in [-0.2, -0.15) is 0 Å². The number of nitrogens with two attached hydrogens (primary N) is 1. The first-order chi connectivity index (χ1) is 17.6. The van der Waals surface area contributed by atoms with Gasteiger partial charge in [0.25, 0.3) is 5.91 Å². The molecule has 0 spiro atoms. The Bertz CT molecular complexity index is 1020. The molecule has 202 valence electrons. The van der Waals surface area contributed by atoms with E-state index in [4.69, 9.17) is 5.73 Å². The van der Waals surface area contributed by atoms with Gasteiger partial charge in [0.05, 0.1) is 11.9 Å². The number of carbonyl (C=O) groups is 3. The molecule has 0 radical (unpaired) electrons. The van der Waals surface area contributed by atoms with Crippen molar-refractivity contribution in [1.29, 1.82) is 0 Å². The Morgan fingerprint density at radius 2 is 1.65 bits per heavy atom. The highest BCUT2D eigenvalue weighted by Crippen LogP contribution is 2.15. The lowest BCUT2D eigenvalue weighted by molar-refractivity contribution is -0.144. The number of aliphatic hydroxyl groups is 1. The van der Waals surface area contributed by atoms with E-state index in [-0.39, 0.29) is 48.4 Å². The molecule has 0 aromatic heterocycles. The first-order valence-electron chi connectivity index (χ1n) is 12.5. The molecule has 2 rings (SSSR count). The van der Waals surface area contributed by atoms with Crippen LogP contribution in [0.4, 0.5) is 0 Å². The number of benzene rings is 2. The number of nitrogens with zero attached hydrogens (tertiary/aromatic N) is 1. The number of carbonyl (C=O) groups excluding carboxylic acids is 3. The Hall–Kier alpha value is -2.88. The smallest absolute Gasteiger partial charge is 0.254 e. The fourth-order valence-electron chi connectivity index (χ4n) is 3.68. The third-order valence-corrected chi connectivity index (χ3v) is 6.86. The Balaban J connectivity index is 2.16. The Labute approximate surface area is 224 Å². The van der Waals surface area contributed by atoms with Crippen LogP contribution in [0.5, 0.6) is 0 Å². The summed E-state index contributed by atoms with van der Waals surface area (Å²) in [5.41, 5.74) is 8.68.